The molecule has 8 heteroatoms. The number of rotatable bonds is 5. The molecular weight excluding hydrogens is 311 g/mol. The number of nitrogens with one attached hydrogen (secondary N) is 2. The standard InChI is InChI=1S/C15H18F3N3O2/c1-9(2)8-13(22)21-20-10(3)11-4-6-12(7-5-11)19-14(23)15(16,17)18/h4-7,9H,8H2,1-3H3,(H,19,23)(H,21,22). The molecule has 2 amide bonds. The Morgan fingerprint density at radius 3 is 2.22 bits per heavy atom. The van der Waals surface area contributed by atoms with Gasteiger partial charge in [-0.2, -0.15) is 18.3 Å². The Balaban J connectivity index is 2.69. The summed E-state index contributed by atoms with van der Waals surface area (Å²) in [6, 6.07) is 5.65. The van der Waals surface area contributed by atoms with E-state index in [1.165, 1.54) is 24.3 Å². The van der Waals surface area contributed by atoms with Crippen LogP contribution < -0.4 is 10.7 Å². The van der Waals surface area contributed by atoms with Crippen molar-refractivity contribution in [2.24, 2.45) is 11.0 Å². The average Bonchev–Trinajstić information content (AvgIpc) is 2.43. The first kappa shape index (κ1) is 18.7. The van der Waals surface area contributed by atoms with E-state index in [1.807, 2.05) is 13.8 Å². The number of anilines is 1. The van der Waals surface area contributed by atoms with E-state index in [9.17, 15) is 22.8 Å². The molecule has 0 radical (unpaired) electrons. The van der Waals surface area contributed by atoms with Crippen molar-refractivity contribution in [2.45, 2.75) is 33.4 Å². The van der Waals surface area contributed by atoms with Gasteiger partial charge < -0.3 is 5.32 Å². The highest BCUT2D eigenvalue weighted by molar-refractivity contribution is 6.00. The molecule has 0 saturated heterocycles. The van der Waals surface area contributed by atoms with Crippen LogP contribution in [-0.4, -0.2) is 23.7 Å². The van der Waals surface area contributed by atoms with E-state index in [2.05, 4.69) is 10.5 Å². The van der Waals surface area contributed by atoms with E-state index < -0.39 is 12.1 Å². The lowest BCUT2D eigenvalue weighted by atomic mass is 10.1. The summed E-state index contributed by atoms with van der Waals surface area (Å²) in [5.41, 5.74) is 3.54. The molecule has 126 valence electrons. The molecular formula is C15H18F3N3O2. The van der Waals surface area contributed by atoms with Crippen LogP contribution in [-0.2, 0) is 9.59 Å². The van der Waals surface area contributed by atoms with Crippen molar-refractivity contribution in [1.29, 1.82) is 0 Å². The van der Waals surface area contributed by atoms with Crippen LogP contribution in [0.4, 0.5) is 18.9 Å². The summed E-state index contributed by atoms with van der Waals surface area (Å²) >= 11 is 0. The lowest BCUT2D eigenvalue weighted by Crippen LogP contribution is -2.29. The third-order valence-corrected chi connectivity index (χ3v) is 2.76. The third-order valence-electron chi connectivity index (χ3n) is 2.76. The molecule has 1 aromatic rings. The Hall–Kier alpha value is -2.38. The minimum absolute atomic E-state index is 0.0210. The first-order valence-electron chi connectivity index (χ1n) is 6.91. The Kier molecular flexibility index (Phi) is 6.29. The van der Waals surface area contributed by atoms with Crippen molar-refractivity contribution in [2.75, 3.05) is 5.32 Å². The summed E-state index contributed by atoms with van der Waals surface area (Å²) in [5, 5.41) is 5.67. The van der Waals surface area contributed by atoms with Crippen LogP contribution in [0.15, 0.2) is 29.4 Å². The number of hydrazone groups is 1. The highest BCUT2D eigenvalue weighted by Crippen LogP contribution is 2.18. The highest BCUT2D eigenvalue weighted by atomic mass is 19.4. The summed E-state index contributed by atoms with van der Waals surface area (Å²) < 4.78 is 36.4. The van der Waals surface area contributed by atoms with Gasteiger partial charge in [-0.1, -0.05) is 26.0 Å². The second-order valence-electron chi connectivity index (χ2n) is 5.36. The van der Waals surface area contributed by atoms with Crippen molar-refractivity contribution in [1.82, 2.24) is 5.43 Å². The monoisotopic (exact) mass is 329 g/mol. The molecule has 0 saturated carbocycles. The lowest BCUT2D eigenvalue weighted by Gasteiger charge is -2.09. The smallest absolute Gasteiger partial charge is 0.318 e. The number of hydrogen-bond acceptors (Lipinski definition) is 3. The zero-order valence-electron chi connectivity index (χ0n) is 13.0. The second kappa shape index (κ2) is 7.75. The van der Waals surface area contributed by atoms with E-state index in [4.69, 9.17) is 0 Å². The van der Waals surface area contributed by atoms with Gasteiger partial charge >= 0.3 is 12.1 Å². The van der Waals surface area contributed by atoms with Crippen molar-refractivity contribution in [3.8, 4) is 0 Å². The summed E-state index contributed by atoms with van der Waals surface area (Å²) in [6.07, 6.45) is -4.59. The maximum absolute atomic E-state index is 12.1. The van der Waals surface area contributed by atoms with Crippen molar-refractivity contribution in [3.63, 3.8) is 0 Å². The molecule has 0 unspecified atom stereocenters. The van der Waals surface area contributed by atoms with Crippen LogP contribution in [0.2, 0.25) is 0 Å². The minimum atomic E-state index is -4.93. The molecule has 0 aromatic heterocycles. The zero-order valence-corrected chi connectivity index (χ0v) is 13.0. The molecule has 0 aliphatic rings. The van der Waals surface area contributed by atoms with E-state index in [-0.39, 0.29) is 17.5 Å². The van der Waals surface area contributed by atoms with Gasteiger partial charge in [0, 0.05) is 12.1 Å². The Bertz CT molecular complexity index is 593. The summed E-state index contributed by atoms with van der Waals surface area (Å²) in [7, 11) is 0. The largest absolute Gasteiger partial charge is 0.471 e. The van der Waals surface area contributed by atoms with Gasteiger partial charge in [0.25, 0.3) is 0 Å². The normalized spacial score (nSPS) is 12.2. The van der Waals surface area contributed by atoms with Gasteiger partial charge in [0.05, 0.1) is 5.71 Å². The maximum Gasteiger partial charge on any atom is 0.471 e. The second-order valence-corrected chi connectivity index (χ2v) is 5.36. The molecule has 0 spiro atoms. The van der Waals surface area contributed by atoms with Gasteiger partial charge in [-0.3, -0.25) is 9.59 Å². The quantitative estimate of drug-likeness (QED) is 0.644. The summed E-state index contributed by atoms with van der Waals surface area (Å²) in [6.45, 7) is 5.47. The molecule has 1 aromatic carbocycles. The Morgan fingerprint density at radius 2 is 1.74 bits per heavy atom. The van der Waals surface area contributed by atoms with Gasteiger partial charge in [0.15, 0.2) is 0 Å². The van der Waals surface area contributed by atoms with Crippen LogP contribution in [0.25, 0.3) is 0 Å². The Morgan fingerprint density at radius 1 is 1.17 bits per heavy atom. The van der Waals surface area contributed by atoms with Crippen LogP contribution in [0.5, 0.6) is 0 Å². The predicted molar refractivity (Wildman–Crippen MR) is 80.9 cm³/mol. The van der Waals surface area contributed by atoms with Crippen molar-refractivity contribution < 1.29 is 22.8 Å². The first-order valence-corrected chi connectivity index (χ1v) is 6.91. The minimum Gasteiger partial charge on any atom is -0.318 e. The molecule has 0 aliphatic heterocycles. The number of hydrogen-bond donors (Lipinski definition) is 2. The molecule has 0 aliphatic carbocycles. The number of nitrogens with zero attached hydrogens (tertiary/aromatic N) is 1. The van der Waals surface area contributed by atoms with E-state index in [0.29, 0.717) is 17.7 Å². The summed E-state index contributed by atoms with van der Waals surface area (Å²) in [5.74, 6) is -2.04. The summed E-state index contributed by atoms with van der Waals surface area (Å²) in [4.78, 5) is 22.3. The van der Waals surface area contributed by atoms with E-state index >= 15 is 0 Å². The molecule has 5 nitrogen and oxygen atoms in total. The average molecular weight is 329 g/mol. The first-order chi connectivity index (χ1) is 10.6. The molecule has 0 bridgehead atoms. The molecule has 23 heavy (non-hydrogen) atoms. The van der Waals surface area contributed by atoms with Gasteiger partial charge in [-0.25, -0.2) is 5.43 Å². The zero-order chi connectivity index (χ0) is 17.6. The highest BCUT2D eigenvalue weighted by Gasteiger charge is 2.38. The van der Waals surface area contributed by atoms with Crippen LogP contribution in [0.1, 0.15) is 32.8 Å². The van der Waals surface area contributed by atoms with Gasteiger partial charge in [-0.05, 0) is 30.5 Å². The Labute approximate surface area is 132 Å². The van der Waals surface area contributed by atoms with Crippen LogP contribution in [0.3, 0.4) is 0 Å². The number of carbonyl (C=O) groups is 2. The van der Waals surface area contributed by atoms with Crippen LogP contribution in [0, 0.1) is 5.92 Å². The molecule has 1 rings (SSSR count). The fourth-order valence-electron chi connectivity index (χ4n) is 1.62. The number of carbonyl (C=O) groups excluding carboxylic acids is 2. The number of alkyl halides is 3. The van der Waals surface area contributed by atoms with E-state index in [1.54, 1.807) is 12.2 Å². The fraction of sp³-hybridized carbons (Fsp3) is 0.400. The molecule has 0 heterocycles. The fourth-order valence-corrected chi connectivity index (χ4v) is 1.62. The van der Waals surface area contributed by atoms with Gasteiger partial charge in [-0.15, -0.1) is 0 Å². The topological polar surface area (TPSA) is 70.6 Å². The van der Waals surface area contributed by atoms with Crippen molar-refractivity contribution >= 4 is 23.2 Å². The van der Waals surface area contributed by atoms with Gasteiger partial charge in [0.1, 0.15) is 0 Å². The number of amides is 2. The molecule has 2 N–H and O–H groups in total. The molecule has 0 atom stereocenters. The number of benzene rings is 1. The maximum atomic E-state index is 12.1. The van der Waals surface area contributed by atoms with Gasteiger partial charge in [0.2, 0.25) is 5.91 Å². The van der Waals surface area contributed by atoms with E-state index in [0.717, 1.165) is 0 Å². The SMILES string of the molecule is CC(=NNC(=O)CC(C)C)c1ccc(NC(=O)C(F)(F)F)cc1. The lowest BCUT2D eigenvalue weighted by molar-refractivity contribution is -0.167. The van der Waals surface area contributed by atoms with Crippen LogP contribution >= 0.6 is 0 Å². The molecule has 0 fully saturated rings. The van der Waals surface area contributed by atoms with Crippen molar-refractivity contribution in [3.05, 3.63) is 29.8 Å². The third kappa shape index (κ3) is 6.50. The number of halogens is 3. The predicted octanol–water partition coefficient (Wildman–Crippen LogP) is 3.07.